The Morgan fingerprint density at radius 1 is 1.10 bits per heavy atom. The van der Waals surface area contributed by atoms with E-state index in [0.29, 0.717) is 19.5 Å². The molecule has 1 amide bonds. The van der Waals surface area contributed by atoms with Gasteiger partial charge in [-0.3, -0.25) is 4.79 Å². The number of carbonyl (C=O) groups excluding carboxylic acids is 1. The van der Waals surface area contributed by atoms with E-state index < -0.39 is 0 Å². The molecule has 2 N–H and O–H groups in total. The fourth-order valence-corrected chi connectivity index (χ4v) is 3.70. The monoisotopic (exact) mass is 422 g/mol. The van der Waals surface area contributed by atoms with Crippen LogP contribution < -0.4 is 15.5 Å². The predicted octanol–water partition coefficient (Wildman–Crippen LogP) is 2.49. The largest absolute Gasteiger partial charge is 0.357 e. The van der Waals surface area contributed by atoms with Gasteiger partial charge in [0.1, 0.15) is 5.82 Å². The third kappa shape index (κ3) is 6.70. The fourth-order valence-electron chi connectivity index (χ4n) is 3.70. The van der Waals surface area contributed by atoms with Gasteiger partial charge in [0, 0.05) is 51.9 Å². The van der Waals surface area contributed by atoms with Crippen molar-refractivity contribution >= 4 is 17.7 Å². The van der Waals surface area contributed by atoms with E-state index in [4.69, 9.17) is 0 Å². The zero-order valence-corrected chi connectivity index (χ0v) is 18.9. The van der Waals surface area contributed by atoms with Crippen LogP contribution in [-0.2, 0) is 11.3 Å². The number of carbonyl (C=O) groups is 1. The van der Waals surface area contributed by atoms with Crippen molar-refractivity contribution in [3.63, 3.8) is 0 Å². The third-order valence-electron chi connectivity index (χ3n) is 5.49. The van der Waals surface area contributed by atoms with Gasteiger partial charge >= 0.3 is 0 Å². The molecule has 1 fully saturated rings. The number of guanidine groups is 1. The van der Waals surface area contributed by atoms with Crippen molar-refractivity contribution in [2.75, 3.05) is 44.2 Å². The second-order valence-corrected chi connectivity index (χ2v) is 7.86. The predicted molar refractivity (Wildman–Crippen MR) is 126 cm³/mol. The molecule has 2 aromatic rings. The van der Waals surface area contributed by atoms with Crippen molar-refractivity contribution in [1.82, 2.24) is 20.5 Å². The summed E-state index contributed by atoms with van der Waals surface area (Å²) in [5, 5.41) is 6.56. The molecular weight excluding hydrogens is 388 g/mol. The Labute approximate surface area is 185 Å². The number of pyridine rings is 1. The number of rotatable bonds is 7. The number of aryl methyl sites for hydroxylation is 2. The first-order valence-corrected chi connectivity index (χ1v) is 11.1. The Morgan fingerprint density at radius 3 is 2.58 bits per heavy atom. The van der Waals surface area contributed by atoms with Gasteiger partial charge in [-0.15, -0.1) is 0 Å². The molecule has 0 aliphatic carbocycles. The lowest BCUT2D eigenvalue weighted by molar-refractivity contribution is -0.131. The van der Waals surface area contributed by atoms with E-state index in [1.165, 1.54) is 16.7 Å². The van der Waals surface area contributed by atoms with Crippen LogP contribution in [0.15, 0.2) is 47.6 Å². The molecule has 1 aliphatic rings. The Hall–Kier alpha value is -3.09. The second-order valence-electron chi connectivity index (χ2n) is 7.86. The summed E-state index contributed by atoms with van der Waals surface area (Å²) in [5.74, 6) is 1.90. The van der Waals surface area contributed by atoms with Crippen LogP contribution in [0.4, 0.5) is 5.82 Å². The number of aliphatic imine (C=N–C) groups is 1. The van der Waals surface area contributed by atoms with Crippen LogP contribution in [0.5, 0.6) is 0 Å². The average Bonchev–Trinajstić information content (AvgIpc) is 2.79. The number of benzene rings is 1. The molecule has 1 aliphatic heterocycles. The quantitative estimate of drug-likeness (QED) is 0.530. The van der Waals surface area contributed by atoms with Crippen LogP contribution in [0, 0.1) is 13.8 Å². The summed E-state index contributed by atoms with van der Waals surface area (Å²) in [6.07, 6.45) is 2.26. The van der Waals surface area contributed by atoms with Gasteiger partial charge in [0.15, 0.2) is 5.96 Å². The molecule has 0 spiro atoms. The summed E-state index contributed by atoms with van der Waals surface area (Å²) in [7, 11) is 0. The Kier molecular flexibility index (Phi) is 8.27. The number of hydrogen-bond donors (Lipinski definition) is 2. The molecule has 31 heavy (non-hydrogen) atoms. The molecule has 2 heterocycles. The number of nitrogens with zero attached hydrogens (tertiary/aromatic N) is 4. The number of amides is 1. The highest BCUT2D eigenvalue weighted by atomic mass is 16.2. The number of anilines is 1. The summed E-state index contributed by atoms with van der Waals surface area (Å²) in [6, 6.07) is 12.4. The Morgan fingerprint density at radius 2 is 1.90 bits per heavy atom. The first kappa shape index (κ1) is 22.6. The molecular formula is C24H34N6O. The first-order valence-electron chi connectivity index (χ1n) is 11.1. The van der Waals surface area contributed by atoms with Crippen molar-refractivity contribution in [3.05, 3.63) is 59.3 Å². The van der Waals surface area contributed by atoms with Gasteiger partial charge in [0.05, 0.1) is 6.54 Å². The van der Waals surface area contributed by atoms with Crippen molar-refractivity contribution in [2.24, 2.45) is 4.99 Å². The molecule has 0 radical (unpaired) electrons. The maximum absolute atomic E-state index is 12.6. The van der Waals surface area contributed by atoms with E-state index in [-0.39, 0.29) is 5.91 Å². The highest BCUT2D eigenvalue weighted by Gasteiger charge is 2.21. The molecule has 0 saturated carbocycles. The SMILES string of the molecule is CCNC(=NCc1ccc(C)cc1C)NCCC(=O)N1CCN(c2ccccn2)CC1. The van der Waals surface area contributed by atoms with E-state index in [1.54, 1.807) is 0 Å². The second kappa shape index (κ2) is 11.3. The van der Waals surface area contributed by atoms with E-state index in [9.17, 15) is 4.79 Å². The summed E-state index contributed by atoms with van der Waals surface area (Å²) in [6.45, 7) is 11.3. The Balaban J connectivity index is 1.44. The number of piperazine rings is 1. The Bertz CT molecular complexity index is 875. The highest BCUT2D eigenvalue weighted by molar-refractivity contribution is 5.81. The van der Waals surface area contributed by atoms with E-state index >= 15 is 0 Å². The van der Waals surface area contributed by atoms with Crippen molar-refractivity contribution in [3.8, 4) is 0 Å². The highest BCUT2D eigenvalue weighted by Crippen LogP contribution is 2.13. The molecule has 7 heteroatoms. The van der Waals surface area contributed by atoms with Crippen LogP contribution in [0.3, 0.4) is 0 Å². The van der Waals surface area contributed by atoms with Gasteiger partial charge in [-0.25, -0.2) is 9.98 Å². The molecule has 3 rings (SSSR count). The van der Waals surface area contributed by atoms with Crippen LogP contribution in [0.2, 0.25) is 0 Å². The number of hydrogen-bond acceptors (Lipinski definition) is 4. The summed E-state index contributed by atoms with van der Waals surface area (Å²) < 4.78 is 0. The maximum atomic E-state index is 12.6. The van der Waals surface area contributed by atoms with Gasteiger partial charge in [-0.05, 0) is 44.0 Å². The zero-order valence-electron chi connectivity index (χ0n) is 18.9. The summed E-state index contributed by atoms with van der Waals surface area (Å²) in [4.78, 5) is 25.9. The zero-order chi connectivity index (χ0) is 22.1. The minimum absolute atomic E-state index is 0.179. The van der Waals surface area contributed by atoms with E-state index in [2.05, 4.69) is 57.6 Å². The standard InChI is InChI=1S/C24H34N6O/c1-4-25-24(28-18-21-9-8-19(2)17-20(21)3)27-12-10-23(31)30-15-13-29(14-16-30)22-7-5-6-11-26-22/h5-9,11,17H,4,10,12-16,18H2,1-3H3,(H2,25,27,28). The van der Waals surface area contributed by atoms with Gasteiger partial charge in [0.25, 0.3) is 0 Å². The van der Waals surface area contributed by atoms with Crippen molar-refractivity contribution < 1.29 is 4.79 Å². The minimum Gasteiger partial charge on any atom is -0.357 e. The molecule has 0 unspecified atom stereocenters. The van der Waals surface area contributed by atoms with Gasteiger partial charge in [0.2, 0.25) is 5.91 Å². The lowest BCUT2D eigenvalue weighted by Crippen LogP contribution is -2.49. The molecule has 0 bridgehead atoms. The number of nitrogens with one attached hydrogen (secondary N) is 2. The van der Waals surface area contributed by atoms with Gasteiger partial charge in [-0.2, -0.15) is 0 Å². The third-order valence-corrected chi connectivity index (χ3v) is 5.49. The lowest BCUT2D eigenvalue weighted by Gasteiger charge is -2.35. The first-order chi connectivity index (χ1) is 15.1. The van der Waals surface area contributed by atoms with Gasteiger partial charge in [-0.1, -0.05) is 29.8 Å². The van der Waals surface area contributed by atoms with Crippen LogP contribution in [0.1, 0.15) is 30.0 Å². The maximum Gasteiger partial charge on any atom is 0.224 e. The average molecular weight is 423 g/mol. The molecule has 0 atom stereocenters. The minimum atomic E-state index is 0.179. The molecule has 1 aromatic heterocycles. The van der Waals surface area contributed by atoms with Crippen LogP contribution in [-0.4, -0.2) is 61.0 Å². The van der Waals surface area contributed by atoms with E-state index in [0.717, 1.165) is 44.5 Å². The number of aromatic nitrogens is 1. The van der Waals surface area contributed by atoms with E-state index in [1.807, 2.05) is 36.2 Å². The topological polar surface area (TPSA) is 72.9 Å². The fraction of sp³-hybridized carbons (Fsp3) is 0.458. The van der Waals surface area contributed by atoms with Crippen molar-refractivity contribution in [2.45, 2.75) is 33.7 Å². The van der Waals surface area contributed by atoms with Crippen LogP contribution in [0.25, 0.3) is 0 Å². The normalized spacial score (nSPS) is 14.5. The van der Waals surface area contributed by atoms with Crippen LogP contribution >= 0.6 is 0 Å². The smallest absolute Gasteiger partial charge is 0.224 e. The molecule has 1 aromatic carbocycles. The molecule has 1 saturated heterocycles. The van der Waals surface area contributed by atoms with Crippen molar-refractivity contribution in [1.29, 1.82) is 0 Å². The summed E-state index contributed by atoms with van der Waals surface area (Å²) >= 11 is 0. The molecule has 166 valence electrons. The lowest BCUT2D eigenvalue weighted by atomic mass is 10.1. The summed E-state index contributed by atoms with van der Waals surface area (Å²) in [5.41, 5.74) is 3.72. The molecule has 7 nitrogen and oxygen atoms in total. The van der Waals surface area contributed by atoms with Gasteiger partial charge < -0.3 is 20.4 Å².